The van der Waals surface area contributed by atoms with Gasteiger partial charge in [0.25, 0.3) is 5.56 Å². The predicted octanol–water partition coefficient (Wildman–Crippen LogP) is 2.28. The van der Waals surface area contributed by atoms with Crippen LogP contribution in [0.1, 0.15) is 33.6 Å². The number of nitrogens with one attached hydrogen (secondary N) is 1. The monoisotopic (exact) mass is 313 g/mol. The van der Waals surface area contributed by atoms with Crippen molar-refractivity contribution in [2.24, 2.45) is 11.8 Å². The van der Waals surface area contributed by atoms with Gasteiger partial charge < -0.3 is 4.90 Å². The van der Waals surface area contributed by atoms with Crippen molar-refractivity contribution in [3.05, 3.63) is 28.7 Å². The Morgan fingerprint density at radius 1 is 1.17 bits per heavy atom. The summed E-state index contributed by atoms with van der Waals surface area (Å²) < 4.78 is 1.84. The van der Waals surface area contributed by atoms with E-state index in [1.165, 1.54) is 0 Å². The Kier molecular flexibility index (Phi) is 3.11. The zero-order chi connectivity index (χ0) is 16.2. The average Bonchev–Trinajstić information content (AvgIpc) is 3.10. The lowest BCUT2D eigenvalue weighted by molar-refractivity contribution is 0.366. The summed E-state index contributed by atoms with van der Waals surface area (Å²) in [5.41, 5.74) is 0.362. The van der Waals surface area contributed by atoms with E-state index in [4.69, 9.17) is 4.98 Å². The van der Waals surface area contributed by atoms with Gasteiger partial charge in [-0.1, -0.05) is 12.2 Å². The number of H-pyrrole nitrogens is 1. The summed E-state index contributed by atoms with van der Waals surface area (Å²) in [6, 6.07) is 0. The summed E-state index contributed by atoms with van der Waals surface area (Å²) in [6.45, 7) is 8.13. The fraction of sp³-hybridized carbons (Fsp3) is 0.588. The van der Waals surface area contributed by atoms with E-state index in [9.17, 15) is 4.79 Å². The van der Waals surface area contributed by atoms with E-state index in [0.29, 0.717) is 28.8 Å². The van der Waals surface area contributed by atoms with Crippen molar-refractivity contribution in [2.45, 2.75) is 39.2 Å². The van der Waals surface area contributed by atoms with E-state index in [-0.39, 0.29) is 11.1 Å². The number of aromatic nitrogens is 4. The first-order chi connectivity index (χ1) is 10.9. The van der Waals surface area contributed by atoms with Crippen LogP contribution >= 0.6 is 0 Å². The second kappa shape index (κ2) is 4.94. The molecule has 0 amide bonds. The molecule has 6 heteroatoms. The van der Waals surface area contributed by atoms with Crippen LogP contribution in [0.5, 0.6) is 0 Å². The predicted molar refractivity (Wildman–Crippen MR) is 90.7 cm³/mol. The van der Waals surface area contributed by atoms with Crippen LogP contribution in [0.15, 0.2) is 23.1 Å². The Balaban J connectivity index is 1.75. The van der Waals surface area contributed by atoms with E-state index in [2.05, 4.69) is 47.9 Å². The highest BCUT2D eigenvalue weighted by atomic mass is 16.1. The van der Waals surface area contributed by atoms with E-state index in [0.717, 1.165) is 25.9 Å². The normalized spacial score (nSPS) is 24.4. The van der Waals surface area contributed by atoms with Gasteiger partial charge in [-0.3, -0.25) is 9.78 Å². The molecule has 0 aromatic carbocycles. The molecule has 3 heterocycles. The van der Waals surface area contributed by atoms with Gasteiger partial charge in [-0.05, 0) is 45.4 Å². The maximum atomic E-state index is 12.4. The number of hydrogen-bond donors (Lipinski definition) is 1. The van der Waals surface area contributed by atoms with Crippen molar-refractivity contribution in [1.29, 1.82) is 0 Å². The first-order valence-electron chi connectivity index (χ1n) is 8.32. The molecule has 1 fully saturated rings. The summed E-state index contributed by atoms with van der Waals surface area (Å²) in [7, 11) is 0. The van der Waals surface area contributed by atoms with Crippen molar-refractivity contribution in [3.63, 3.8) is 0 Å². The van der Waals surface area contributed by atoms with Crippen LogP contribution in [-0.2, 0) is 5.54 Å². The Hall–Kier alpha value is -2.11. The van der Waals surface area contributed by atoms with Gasteiger partial charge in [0.05, 0.1) is 11.7 Å². The summed E-state index contributed by atoms with van der Waals surface area (Å²) >= 11 is 0. The Bertz CT molecular complexity index is 810. The van der Waals surface area contributed by atoms with Crippen LogP contribution < -0.4 is 10.5 Å². The Labute approximate surface area is 135 Å². The molecule has 23 heavy (non-hydrogen) atoms. The lowest BCUT2D eigenvalue weighted by atomic mass is 9.86. The van der Waals surface area contributed by atoms with Crippen LogP contribution in [0.25, 0.3) is 11.0 Å². The quantitative estimate of drug-likeness (QED) is 0.820. The molecule has 0 spiro atoms. The number of fused-ring (bicyclic) bond motifs is 2. The molecule has 2 atom stereocenters. The van der Waals surface area contributed by atoms with E-state index in [1.807, 2.05) is 4.68 Å². The highest BCUT2D eigenvalue weighted by molar-refractivity contribution is 5.74. The van der Waals surface area contributed by atoms with Gasteiger partial charge in [0.1, 0.15) is 5.39 Å². The van der Waals surface area contributed by atoms with Crippen molar-refractivity contribution in [2.75, 3.05) is 18.0 Å². The number of rotatable bonds is 1. The molecule has 1 aliphatic heterocycles. The topological polar surface area (TPSA) is 66.8 Å². The lowest BCUT2D eigenvalue weighted by Gasteiger charge is -2.21. The van der Waals surface area contributed by atoms with Gasteiger partial charge in [-0.25, -0.2) is 4.68 Å². The molecule has 6 nitrogen and oxygen atoms in total. The third-order valence-corrected chi connectivity index (χ3v) is 4.98. The molecule has 122 valence electrons. The minimum Gasteiger partial charge on any atom is -0.342 e. The molecular weight excluding hydrogens is 290 g/mol. The van der Waals surface area contributed by atoms with Gasteiger partial charge in [0.2, 0.25) is 5.95 Å². The van der Waals surface area contributed by atoms with E-state index in [1.54, 1.807) is 6.20 Å². The molecule has 2 aromatic rings. The molecule has 1 saturated heterocycles. The molecular formula is C17H23N5O. The van der Waals surface area contributed by atoms with E-state index < -0.39 is 0 Å². The average molecular weight is 313 g/mol. The Morgan fingerprint density at radius 2 is 1.83 bits per heavy atom. The highest BCUT2D eigenvalue weighted by Crippen LogP contribution is 2.34. The molecule has 1 N–H and O–H groups in total. The zero-order valence-electron chi connectivity index (χ0n) is 13.9. The summed E-state index contributed by atoms with van der Waals surface area (Å²) in [5, 5.41) is 4.93. The van der Waals surface area contributed by atoms with Crippen LogP contribution in [-0.4, -0.2) is 32.8 Å². The van der Waals surface area contributed by atoms with Crippen LogP contribution in [0.2, 0.25) is 0 Å². The molecule has 0 saturated carbocycles. The van der Waals surface area contributed by atoms with Gasteiger partial charge in [0.15, 0.2) is 5.65 Å². The Morgan fingerprint density at radius 3 is 2.43 bits per heavy atom. The fourth-order valence-corrected chi connectivity index (χ4v) is 3.74. The molecule has 0 bridgehead atoms. The van der Waals surface area contributed by atoms with Crippen molar-refractivity contribution in [3.8, 4) is 0 Å². The van der Waals surface area contributed by atoms with Crippen molar-refractivity contribution in [1.82, 2.24) is 19.7 Å². The van der Waals surface area contributed by atoms with Gasteiger partial charge in [-0.2, -0.15) is 10.1 Å². The first-order valence-corrected chi connectivity index (χ1v) is 8.32. The minimum atomic E-state index is -0.206. The van der Waals surface area contributed by atoms with Gasteiger partial charge in [-0.15, -0.1) is 0 Å². The molecule has 2 aliphatic rings. The third kappa shape index (κ3) is 2.36. The van der Waals surface area contributed by atoms with Crippen LogP contribution in [0, 0.1) is 11.8 Å². The third-order valence-electron chi connectivity index (χ3n) is 4.98. The van der Waals surface area contributed by atoms with Gasteiger partial charge in [0, 0.05) is 13.1 Å². The standard InChI is InChI=1S/C17H23N5O/c1-17(2,3)22-14-13(8-18-22)15(23)20-16(19-14)21-9-11-6-4-5-7-12(11)10-21/h4-5,8,11-12H,6-7,9-10H2,1-3H3,(H,19,20,23). The summed E-state index contributed by atoms with van der Waals surface area (Å²) in [4.78, 5) is 22.4. The largest absolute Gasteiger partial charge is 0.342 e. The van der Waals surface area contributed by atoms with Crippen LogP contribution in [0.4, 0.5) is 5.95 Å². The minimum absolute atomic E-state index is 0.103. The molecule has 1 aliphatic carbocycles. The number of nitrogens with zero attached hydrogens (tertiary/aromatic N) is 4. The highest BCUT2D eigenvalue weighted by Gasteiger charge is 2.34. The smallest absolute Gasteiger partial charge is 0.263 e. The summed E-state index contributed by atoms with van der Waals surface area (Å²) in [5.74, 6) is 2.03. The molecule has 0 radical (unpaired) electrons. The van der Waals surface area contributed by atoms with Crippen LogP contribution in [0.3, 0.4) is 0 Å². The maximum Gasteiger partial charge on any atom is 0.263 e. The fourth-order valence-electron chi connectivity index (χ4n) is 3.74. The number of anilines is 1. The second-order valence-electron chi connectivity index (χ2n) is 7.72. The molecule has 2 unspecified atom stereocenters. The maximum absolute atomic E-state index is 12.4. The number of hydrogen-bond acceptors (Lipinski definition) is 4. The molecule has 4 rings (SSSR count). The van der Waals surface area contributed by atoms with E-state index >= 15 is 0 Å². The van der Waals surface area contributed by atoms with Crippen molar-refractivity contribution < 1.29 is 0 Å². The zero-order valence-corrected chi connectivity index (χ0v) is 13.9. The molecule has 2 aromatic heterocycles. The number of allylic oxidation sites excluding steroid dienone is 2. The first kappa shape index (κ1) is 14.5. The lowest BCUT2D eigenvalue weighted by Crippen LogP contribution is -2.27. The van der Waals surface area contributed by atoms with Gasteiger partial charge >= 0.3 is 0 Å². The SMILES string of the molecule is CC(C)(C)n1ncc2c(=O)[nH]c(N3CC4CC=CCC4C3)nc21. The van der Waals surface area contributed by atoms with Crippen molar-refractivity contribution >= 4 is 17.0 Å². The summed E-state index contributed by atoms with van der Waals surface area (Å²) in [6.07, 6.45) is 8.43. The number of aromatic amines is 1. The second-order valence-corrected chi connectivity index (χ2v) is 7.72.